The predicted molar refractivity (Wildman–Crippen MR) is 114 cm³/mol. The highest BCUT2D eigenvalue weighted by Gasteiger charge is 2.20. The smallest absolute Gasteiger partial charge is 0.335 e. The molecule has 1 fully saturated rings. The van der Waals surface area contributed by atoms with E-state index < -0.39 is 5.97 Å². The van der Waals surface area contributed by atoms with Crippen molar-refractivity contribution in [2.24, 2.45) is 0 Å². The molecule has 0 unspecified atom stereocenters. The van der Waals surface area contributed by atoms with Crippen LogP contribution in [0.15, 0.2) is 60.8 Å². The fraction of sp³-hybridized carbons (Fsp3) is 0.250. The molecule has 1 aromatic heterocycles. The Morgan fingerprint density at radius 1 is 1.13 bits per heavy atom. The number of carboxylic acid groups (broad SMARTS) is 1. The number of carboxylic acids is 1. The van der Waals surface area contributed by atoms with Gasteiger partial charge in [0.2, 0.25) is 0 Å². The van der Waals surface area contributed by atoms with E-state index in [-0.39, 0.29) is 23.2 Å². The van der Waals surface area contributed by atoms with Crippen molar-refractivity contribution in [1.82, 2.24) is 4.98 Å². The van der Waals surface area contributed by atoms with E-state index in [1.54, 1.807) is 42.6 Å². The Hall–Kier alpha value is -3.41. The van der Waals surface area contributed by atoms with Gasteiger partial charge in [-0.2, -0.15) is 0 Å². The molecule has 1 N–H and O–H groups in total. The Bertz CT molecular complexity index is 1050. The van der Waals surface area contributed by atoms with Crippen molar-refractivity contribution >= 4 is 17.3 Å². The van der Waals surface area contributed by atoms with E-state index in [2.05, 4.69) is 4.98 Å². The summed E-state index contributed by atoms with van der Waals surface area (Å²) in [4.78, 5) is 17.6. The molecule has 6 heteroatoms. The van der Waals surface area contributed by atoms with Gasteiger partial charge >= 0.3 is 5.97 Å². The lowest BCUT2D eigenvalue weighted by molar-refractivity contribution is 0.0697. The minimum Gasteiger partial charge on any atom is -0.487 e. The minimum absolute atomic E-state index is 0.0633. The normalized spacial score (nSPS) is 13.9. The van der Waals surface area contributed by atoms with Gasteiger partial charge in [0.25, 0.3) is 0 Å². The zero-order chi connectivity index (χ0) is 21.1. The fourth-order valence-corrected chi connectivity index (χ4v) is 3.78. The number of pyridine rings is 1. The minimum atomic E-state index is -0.965. The fourth-order valence-electron chi connectivity index (χ4n) is 3.78. The quantitative estimate of drug-likeness (QED) is 0.571. The van der Waals surface area contributed by atoms with E-state index in [1.807, 2.05) is 24.1 Å². The summed E-state index contributed by atoms with van der Waals surface area (Å²) in [5, 5.41) is 9.11. The molecular weight excluding hydrogens is 383 g/mol. The second-order valence-corrected chi connectivity index (χ2v) is 7.45. The average molecular weight is 406 g/mol. The summed E-state index contributed by atoms with van der Waals surface area (Å²) in [5.41, 5.74) is 3.32. The summed E-state index contributed by atoms with van der Waals surface area (Å²) in [6.45, 7) is 0. The number of halogens is 1. The Kier molecular flexibility index (Phi) is 5.65. The van der Waals surface area contributed by atoms with Gasteiger partial charge in [0.15, 0.2) is 11.6 Å². The SMILES string of the molecule is CN(c1ccc(C(=O)O)cc1)c1cccnc1-c1ccc(F)c(OC2CCCC2)c1. The topological polar surface area (TPSA) is 62.7 Å². The molecule has 154 valence electrons. The third-order valence-electron chi connectivity index (χ3n) is 5.45. The predicted octanol–water partition coefficient (Wildman–Crippen LogP) is 5.68. The molecule has 0 spiro atoms. The average Bonchev–Trinajstić information content (AvgIpc) is 3.28. The third kappa shape index (κ3) is 4.13. The zero-order valence-corrected chi connectivity index (χ0v) is 16.7. The molecule has 0 aliphatic heterocycles. The van der Waals surface area contributed by atoms with Crippen molar-refractivity contribution in [3.05, 3.63) is 72.2 Å². The first-order valence-electron chi connectivity index (χ1n) is 10.0. The number of anilines is 2. The largest absolute Gasteiger partial charge is 0.487 e. The summed E-state index contributed by atoms with van der Waals surface area (Å²) in [7, 11) is 1.88. The highest BCUT2D eigenvalue weighted by molar-refractivity contribution is 5.88. The van der Waals surface area contributed by atoms with Crippen molar-refractivity contribution in [3.63, 3.8) is 0 Å². The number of carbonyl (C=O) groups is 1. The van der Waals surface area contributed by atoms with Crippen LogP contribution in [-0.4, -0.2) is 29.2 Å². The summed E-state index contributed by atoms with van der Waals surface area (Å²) < 4.78 is 20.3. The molecule has 1 heterocycles. The van der Waals surface area contributed by atoms with E-state index in [0.29, 0.717) is 5.69 Å². The number of benzene rings is 2. The highest BCUT2D eigenvalue weighted by atomic mass is 19.1. The Morgan fingerprint density at radius 3 is 2.57 bits per heavy atom. The summed E-state index contributed by atoms with van der Waals surface area (Å²) in [5.74, 6) is -1.09. The number of hydrogen-bond donors (Lipinski definition) is 1. The van der Waals surface area contributed by atoms with Crippen LogP contribution in [0.25, 0.3) is 11.3 Å². The lowest BCUT2D eigenvalue weighted by Gasteiger charge is -2.22. The van der Waals surface area contributed by atoms with Crippen LogP contribution in [0.4, 0.5) is 15.8 Å². The van der Waals surface area contributed by atoms with Crippen LogP contribution in [0, 0.1) is 5.82 Å². The molecule has 0 bridgehead atoms. The van der Waals surface area contributed by atoms with Crippen LogP contribution in [-0.2, 0) is 0 Å². The van der Waals surface area contributed by atoms with Gasteiger partial charge in [0.1, 0.15) is 0 Å². The number of hydrogen-bond acceptors (Lipinski definition) is 4. The Morgan fingerprint density at radius 2 is 1.87 bits per heavy atom. The Labute approximate surface area is 174 Å². The van der Waals surface area contributed by atoms with Gasteiger partial charge in [0, 0.05) is 24.5 Å². The molecule has 4 rings (SSSR count). The van der Waals surface area contributed by atoms with Crippen molar-refractivity contribution in [2.75, 3.05) is 11.9 Å². The number of rotatable bonds is 6. The van der Waals surface area contributed by atoms with Gasteiger partial charge in [-0.1, -0.05) is 0 Å². The monoisotopic (exact) mass is 406 g/mol. The summed E-state index contributed by atoms with van der Waals surface area (Å²) >= 11 is 0. The molecule has 1 aliphatic rings. The second kappa shape index (κ2) is 8.53. The van der Waals surface area contributed by atoms with E-state index >= 15 is 0 Å². The number of nitrogens with zero attached hydrogens (tertiary/aromatic N) is 2. The molecule has 3 aromatic rings. The Balaban J connectivity index is 1.66. The highest BCUT2D eigenvalue weighted by Crippen LogP contribution is 2.35. The first-order valence-corrected chi connectivity index (χ1v) is 10.0. The van der Waals surface area contributed by atoms with Crippen molar-refractivity contribution < 1.29 is 19.0 Å². The molecule has 1 saturated carbocycles. The standard InChI is InChI=1S/C24H23FN2O3/c1-27(18-11-8-16(9-12-18)24(28)29)21-7-4-14-26-23(21)17-10-13-20(25)22(15-17)30-19-5-2-3-6-19/h4,7-15,19H,2-3,5-6H2,1H3,(H,28,29). The van der Waals surface area contributed by atoms with Gasteiger partial charge in [0.05, 0.1) is 23.0 Å². The lowest BCUT2D eigenvalue weighted by Crippen LogP contribution is -2.13. The maximum Gasteiger partial charge on any atom is 0.335 e. The summed E-state index contributed by atoms with van der Waals surface area (Å²) in [6, 6.07) is 15.2. The molecule has 0 atom stereocenters. The molecular formula is C24H23FN2O3. The molecule has 0 radical (unpaired) electrons. The number of ether oxygens (including phenoxy) is 1. The maximum absolute atomic E-state index is 14.4. The second-order valence-electron chi connectivity index (χ2n) is 7.45. The van der Waals surface area contributed by atoms with Crippen molar-refractivity contribution in [3.8, 4) is 17.0 Å². The lowest BCUT2D eigenvalue weighted by atomic mass is 10.1. The van der Waals surface area contributed by atoms with E-state index in [1.165, 1.54) is 6.07 Å². The molecule has 30 heavy (non-hydrogen) atoms. The van der Waals surface area contributed by atoms with Gasteiger partial charge in [-0.3, -0.25) is 4.98 Å². The van der Waals surface area contributed by atoms with Gasteiger partial charge < -0.3 is 14.7 Å². The van der Waals surface area contributed by atoms with Crippen LogP contribution in [0.1, 0.15) is 36.0 Å². The van der Waals surface area contributed by atoms with E-state index in [0.717, 1.165) is 42.6 Å². The van der Waals surface area contributed by atoms with Crippen LogP contribution in [0.3, 0.4) is 0 Å². The first-order chi connectivity index (χ1) is 14.5. The van der Waals surface area contributed by atoms with E-state index in [4.69, 9.17) is 9.84 Å². The molecule has 2 aromatic carbocycles. The zero-order valence-electron chi connectivity index (χ0n) is 16.7. The summed E-state index contributed by atoms with van der Waals surface area (Å²) in [6.07, 6.45) is 5.89. The number of aromatic nitrogens is 1. The van der Waals surface area contributed by atoms with Gasteiger partial charge in [-0.05, 0) is 80.3 Å². The molecule has 5 nitrogen and oxygen atoms in total. The molecule has 0 saturated heterocycles. The molecule has 1 aliphatic carbocycles. The van der Waals surface area contributed by atoms with Crippen molar-refractivity contribution in [2.45, 2.75) is 31.8 Å². The maximum atomic E-state index is 14.4. The van der Waals surface area contributed by atoms with Gasteiger partial charge in [-0.15, -0.1) is 0 Å². The van der Waals surface area contributed by atoms with Crippen LogP contribution < -0.4 is 9.64 Å². The molecule has 0 amide bonds. The van der Waals surface area contributed by atoms with Crippen LogP contribution >= 0.6 is 0 Å². The van der Waals surface area contributed by atoms with Gasteiger partial charge in [-0.25, -0.2) is 9.18 Å². The van der Waals surface area contributed by atoms with Crippen molar-refractivity contribution in [1.29, 1.82) is 0 Å². The number of aromatic carboxylic acids is 1. The third-order valence-corrected chi connectivity index (χ3v) is 5.45. The first kappa shape index (κ1) is 19.9. The van der Waals surface area contributed by atoms with E-state index in [9.17, 15) is 9.18 Å². The van der Waals surface area contributed by atoms with Crippen LogP contribution in [0.5, 0.6) is 5.75 Å². The van der Waals surface area contributed by atoms with Crippen LogP contribution in [0.2, 0.25) is 0 Å².